The van der Waals surface area contributed by atoms with Crippen molar-refractivity contribution in [2.24, 2.45) is 23.7 Å². The molecule has 0 bridgehead atoms. The van der Waals surface area contributed by atoms with E-state index in [1.54, 1.807) is 31.4 Å². The normalized spacial score (nSPS) is 22.3. The molecule has 162 valence electrons. The van der Waals surface area contributed by atoms with Crippen molar-refractivity contribution < 1.29 is 22.7 Å². The molecule has 3 atom stereocenters. The van der Waals surface area contributed by atoms with Gasteiger partial charge in [0, 0.05) is 6.54 Å². The summed E-state index contributed by atoms with van der Waals surface area (Å²) in [6.45, 7) is 8.84. The first-order valence-electron chi connectivity index (χ1n) is 10.2. The zero-order chi connectivity index (χ0) is 21.6. The first-order valence-corrected chi connectivity index (χ1v) is 11.6. The van der Waals surface area contributed by atoms with Gasteiger partial charge in [-0.1, -0.05) is 25.5 Å². The van der Waals surface area contributed by atoms with Gasteiger partial charge in [-0.3, -0.25) is 4.79 Å². The summed E-state index contributed by atoms with van der Waals surface area (Å²) >= 11 is 0. The van der Waals surface area contributed by atoms with E-state index in [1.807, 2.05) is 13.8 Å². The first kappa shape index (κ1) is 23.4. The molecule has 2 rings (SSSR count). The van der Waals surface area contributed by atoms with Crippen LogP contribution in [0.5, 0.6) is 5.75 Å². The maximum absolute atomic E-state index is 12.7. The van der Waals surface area contributed by atoms with Gasteiger partial charge in [-0.2, -0.15) is 0 Å². The van der Waals surface area contributed by atoms with E-state index < -0.39 is 10.0 Å². The Balaban J connectivity index is 2.11. The third-order valence-corrected chi connectivity index (χ3v) is 7.12. The Morgan fingerprint density at radius 1 is 1.24 bits per heavy atom. The lowest BCUT2D eigenvalue weighted by atomic mass is 9.70. The van der Waals surface area contributed by atoms with Gasteiger partial charge in [0.15, 0.2) is 0 Å². The van der Waals surface area contributed by atoms with E-state index in [-0.39, 0.29) is 28.6 Å². The van der Waals surface area contributed by atoms with Gasteiger partial charge in [0.25, 0.3) is 0 Å². The predicted octanol–water partition coefficient (Wildman–Crippen LogP) is 3.78. The molecule has 0 radical (unpaired) electrons. The smallest absolute Gasteiger partial charge is 0.306 e. The topological polar surface area (TPSA) is 81.7 Å². The van der Waals surface area contributed by atoms with Crippen molar-refractivity contribution in [2.45, 2.75) is 45.4 Å². The Bertz CT molecular complexity index is 814. The van der Waals surface area contributed by atoms with E-state index >= 15 is 0 Å². The molecule has 0 spiro atoms. The van der Waals surface area contributed by atoms with Gasteiger partial charge >= 0.3 is 5.97 Å². The van der Waals surface area contributed by atoms with Crippen molar-refractivity contribution >= 4 is 16.0 Å². The molecule has 0 saturated carbocycles. The van der Waals surface area contributed by atoms with Gasteiger partial charge in [-0.15, -0.1) is 0 Å². The Morgan fingerprint density at radius 2 is 1.90 bits per heavy atom. The summed E-state index contributed by atoms with van der Waals surface area (Å²) in [4.78, 5) is 12.1. The monoisotopic (exact) mass is 423 g/mol. The molecule has 0 aliphatic heterocycles. The van der Waals surface area contributed by atoms with Crippen LogP contribution in [-0.4, -0.2) is 34.6 Å². The number of allylic oxidation sites excluding steroid dienone is 1. The maximum atomic E-state index is 12.7. The van der Waals surface area contributed by atoms with Gasteiger partial charge in [0.1, 0.15) is 5.75 Å². The highest BCUT2D eigenvalue weighted by Crippen LogP contribution is 2.39. The van der Waals surface area contributed by atoms with E-state index in [1.165, 1.54) is 0 Å². The second-order valence-electron chi connectivity index (χ2n) is 7.95. The van der Waals surface area contributed by atoms with Crippen LogP contribution >= 0.6 is 0 Å². The fourth-order valence-electron chi connectivity index (χ4n) is 3.97. The minimum absolute atomic E-state index is 0.0847. The molecule has 1 aromatic carbocycles. The van der Waals surface area contributed by atoms with Crippen molar-refractivity contribution in [3.63, 3.8) is 0 Å². The molecule has 0 amide bonds. The zero-order valence-electron chi connectivity index (χ0n) is 18.0. The molecule has 1 aromatic rings. The van der Waals surface area contributed by atoms with Crippen LogP contribution in [0.4, 0.5) is 0 Å². The van der Waals surface area contributed by atoms with Gasteiger partial charge in [-0.05, 0) is 68.2 Å². The first-order chi connectivity index (χ1) is 13.7. The van der Waals surface area contributed by atoms with Crippen LogP contribution < -0.4 is 9.46 Å². The number of nitrogens with one attached hydrogen (secondary N) is 1. The largest absolute Gasteiger partial charge is 0.497 e. The molecule has 0 saturated heterocycles. The van der Waals surface area contributed by atoms with Gasteiger partial charge < -0.3 is 9.47 Å². The quantitative estimate of drug-likeness (QED) is 0.483. The van der Waals surface area contributed by atoms with E-state index in [9.17, 15) is 13.2 Å². The van der Waals surface area contributed by atoms with Crippen LogP contribution in [-0.2, 0) is 19.6 Å². The lowest BCUT2D eigenvalue weighted by Crippen LogP contribution is -2.37. The molecule has 29 heavy (non-hydrogen) atoms. The molecule has 1 aliphatic carbocycles. The van der Waals surface area contributed by atoms with Crippen LogP contribution in [0.1, 0.15) is 40.5 Å². The minimum Gasteiger partial charge on any atom is -0.497 e. The van der Waals surface area contributed by atoms with E-state index in [2.05, 4.69) is 24.6 Å². The average molecular weight is 424 g/mol. The fraction of sp³-hybridized carbons (Fsp3) is 0.591. The van der Waals surface area contributed by atoms with E-state index in [4.69, 9.17) is 9.47 Å². The van der Waals surface area contributed by atoms with E-state index in [0.29, 0.717) is 31.2 Å². The molecule has 0 fully saturated rings. The van der Waals surface area contributed by atoms with Gasteiger partial charge in [0.05, 0.1) is 25.0 Å². The van der Waals surface area contributed by atoms with Crippen LogP contribution in [0.25, 0.3) is 0 Å². The summed E-state index contributed by atoms with van der Waals surface area (Å²) in [6, 6.07) is 6.35. The molecule has 0 aromatic heterocycles. The summed E-state index contributed by atoms with van der Waals surface area (Å²) in [5, 5.41) is 0. The van der Waals surface area contributed by atoms with Crippen molar-refractivity contribution in [3.05, 3.63) is 35.9 Å². The van der Waals surface area contributed by atoms with Crippen molar-refractivity contribution in [2.75, 3.05) is 20.3 Å². The molecule has 0 heterocycles. The number of esters is 1. The average Bonchev–Trinajstić information content (AvgIpc) is 2.68. The summed E-state index contributed by atoms with van der Waals surface area (Å²) in [5.74, 6) is 1.34. The Labute approximate surface area is 174 Å². The van der Waals surface area contributed by atoms with Gasteiger partial charge in [0.2, 0.25) is 10.0 Å². The number of carbonyl (C=O) groups is 1. The van der Waals surface area contributed by atoms with Crippen LogP contribution in [0.15, 0.2) is 40.8 Å². The lowest BCUT2D eigenvalue weighted by Gasteiger charge is -2.37. The molecule has 0 unspecified atom stereocenters. The van der Waals surface area contributed by atoms with Gasteiger partial charge in [-0.25, -0.2) is 13.1 Å². The molecule has 7 heteroatoms. The zero-order valence-corrected chi connectivity index (χ0v) is 18.8. The minimum atomic E-state index is -3.60. The molecule has 6 nitrogen and oxygen atoms in total. The number of carbonyl (C=O) groups excluding carboxylic acids is 1. The second-order valence-corrected chi connectivity index (χ2v) is 9.72. The number of benzene rings is 1. The fourth-order valence-corrected chi connectivity index (χ4v) is 5.05. The highest BCUT2D eigenvalue weighted by molar-refractivity contribution is 7.89. The van der Waals surface area contributed by atoms with Crippen molar-refractivity contribution in [1.82, 2.24) is 4.72 Å². The van der Waals surface area contributed by atoms with Crippen LogP contribution in [0.3, 0.4) is 0 Å². The number of ether oxygens (including phenoxy) is 2. The number of hydrogen-bond acceptors (Lipinski definition) is 5. The standard InChI is InChI=1S/C22H33NO5S/c1-6-28-22(24)13-17-12-21(15(2)3)18(11-16(17)4)14-23-29(25,26)20-9-7-19(27-5)8-10-20/h7-11,15,17-18,21,23H,6,12-14H2,1-5H3/t17-,18+,21+/m1/s1. The van der Waals surface area contributed by atoms with Crippen LogP contribution in [0.2, 0.25) is 0 Å². The predicted molar refractivity (Wildman–Crippen MR) is 113 cm³/mol. The number of methoxy groups -OCH3 is 1. The molecule has 1 aliphatic rings. The Morgan fingerprint density at radius 3 is 2.45 bits per heavy atom. The number of rotatable bonds is 9. The number of hydrogen-bond donors (Lipinski definition) is 1. The summed E-state index contributed by atoms with van der Waals surface area (Å²) in [6.07, 6.45) is 3.37. The Hall–Kier alpha value is -1.86. The second kappa shape index (κ2) is 10.3. The lowest BCUT2D eigenvalue weighted by molar-refractivity contribution is -0.144. The maximum Gasteiger partial charge on any atom is 0.306 e. The third-order valence-electron chi connectivity index (χ3n) is 5.68. The van der Waals surface area contributed by atoms with Crippen LogP contribution in [0, 0.1) is 23.7 Å². The highest BCUT2D eigenvalue weighted by Gasteiger charge is 2.33. The summed E-state index contributed by atoms with van der Waals surface area (Å²) in [5.41, 5.74) is 1.13. The SMILES string of the molecule is CCOC(=O)C[C@H]1C[C@@H](C(C)C)[C@H](CNS(=O)(=O)c2ccc(OC)cc2)C=C1C. The van der Waals surface area contributed by atoms with Crippen molar-refractivity contribution in [1.29, 1.82) is 0 Å². The molecular weight excluding hydrogens is 390 g/mol. The summed E-state index contributed by atoms with van der Waals surface area (Å²) < 4.78 is 38.3. The highest BCUT2D eigenvalue weighted by atomic mass is 32.2. The Kier molecular flexibility index (Phi) is 8.28. The third kappa shape index (κ3) is 6.31. The molecule has 1 N–H and O–H groups in total. The summed E-state index contributed by atoms with van der Waals surface area (Å²) in [7, 11) is -2.06. The number of sulfonamides is 1. The van der Waals surface area contributed by atoms with Crippen molar-refractivity contribution in [3.8, 4) is 5.75 Å². The molecular formula is C22H33NO5S. The van der Waals surface area contributed by atoms with E-state index in [0.717, 1.165) is 12.0 Å².